The van der Waals surface area contributed by atoms with Crippen molar-refractivity contribution in [1.29, 1.82) is 0 Å². The highest BCUT2D eigenvalue weighted by atomic mass is 16.5. The lowest BCUT2D eigenvalue weighted by Crippen LogP contribution is -2.34. The van der Waals surface area contributed by atoms with Crippen LogP contribution in [0, 0.1) is 12.8 Å². The van der Waals surface area contributed by atoms with Crippen LogP contribution in [0.25, 0.3) is 0 Å². The van der Waals surface area contributed by atoms with Crippen LogP contribution in [0.2, 0.25) is 0 Å². The van der Waals surface area contributed by atoms with Crippen molar-refractivity contribution in [1.82, 2.24) is 10.1 Å². The van der Waals surface area contributed by atoms with E-state index in [9.17, 15) is 9.90 Å². The summed E-state index contributed by atoms with van der Waals surface area (Å²) in [6.45, 7) is 5.53. The fourth-order valence-corrected chi connectivity index (χ4v) is 4.80. The molecule has 0 aliphatic carbocycles. The molecule has 0 bridgehead atoms. The third-order valence-electron chi connectivity index (χ3n) is 7.05. The third-order valence-corrected chi connectivity index (χ3v) is 7.05. The first-order valence-corrected chi connectivity index (χ1v) is 12.8. The number of aromatic nitrogens is 2. The molecule has 2 aromatic rings. The smallest absolute Gasteiger partial charge is 0.266 e. The standard InChI is InChI=1S/C26H37N3O6/c1-18-15-22(5-6-23(18)24(32)7-4-21(31)16-30)34-13-2-3-19-8-11-29(12-9-19)26-27-25(35-28-26)20-10-14-33-17-20/h5-6,15,19-21,30-31H,2-4,7-14,16-17H2,1H3/t20?,21-/m0/s1. The molecule has 2 atom stereocenters. The second-order valence-corrected chi connectivity index (χ2v) is 9.69. The van der Waals surface area contributed by atoms with E-state index in [1.54, 1.807) is 6.07 Å². The van der Waals surface area contributed by atoms with Crippen LogP contribution in [0.4, 0.5) is 5.95 Å². The van der Waals surface area contributed by atoms with Crippen molar-refractivity contribution in [2.75, 3.05) is 44.4 Å². The van der Waals surface area contributed by atoms with E-state index in [0.29, 0.717) is 36.5 Å². The zero-order valence-corrected chi connectivity index (χ0v) is 20.5. The van der Waals surface area contributed by atoms with E-state index in [1.807, 2.05) is 19.1 Å². The Morgan fingerprint density at radius 2 is 2.11 bits per heavy atom. The van der Waals surface area contributed by atoms with Gasteiger partial charge in [-0.25, -0.2) is 0 Å². The molecule has 1 unspecified atom stereocenters. The Balaban J connectivity index is 1.14. The minimum atomic E-state index is -0.849. The largest absolute Gasteiger partial charge is 0.494 e. The second kappa shape index (κ2) is 12.5. The summed E-state index contributed by atoms with van der Waals surface area (Å²) in [7, 11) is 0. The molecule has 3 heterocycles. The fraction of sp³-hybridized carbons (Fsp3) is 0.654. The Morgan fingerprint density at radius 1 is 1.29 bits per heavy atom. The number of aliphatic hydroxyl groups is 2. The number of ether oxygens (including phenoxy) is 2. The molecule has 1 aromatic carbocycles. The van der Waals surface area contributed by atoms with Crippen molar-refractivity contribution in [2.45, 2.75) is 63.9 Å². The molecule has 35 heavy (non-hydrogen) atoms. The van der Waals surface area contributed by atoms with Crippen molar-refractivity contribution in [2.24, 2.45) is 5.92 Å². The highest BCUT2D eigenvalue weighted by Crippen LogP contribution is 2.28. The van der Waals surface area contributed by atoms with Crippen molar-refractivity contribution in [3.05, 3.63) is 35.2 Å². The Bertz CT molecular complexity index is 950. The zero-order chi connectivity index (χ0) is 24.6. The fourth-order valence-electron chi connectivity index (χ4n) is 4.80. The van der Waals surface area contributed by atoms with E-state index in [2.05, 4.69) is 15.0 Å². The number of piperidine rings is 1. The van der Waals surface area contributed by atoms with E-state index in [4.69, 9.17) is 19.1 Å². The normalized spacial score (nSPS) is 19.7. The average molecular weight is 488 g/mol. The van der Waals surface area contributed by atoms with Gasteiger partial charge in [0, 0.05) is 31.7 Å². The van der Waals surface area contributed by atoms with E-state index < -0.39 is 6.10 Å². The first-order chi connectivity index (χ1) is 17.0. The van der Waals surface area contributed by atoms with E-state index in [-0.39, 0.29) is 31.1 Å². The van der Waals surface area contributed by atoms with Gasteiger partial charge < -0.3 is 29.1 Å². The highest BCUT2D eigenvalue weighted by Gasteiger charge is 2.27. The molecular formula is C26H37N3O6. The molecule has 0 spiro atoms. The van der Waals surface area contributed by atoms with Crippen LogP contribution in [0.5, 0.6) is 5.75 Å². The van der Waals surface area contributed by atoms with Crippen molar-refractivity contribution in [3.63, 3.8) is 0 Å². The molecule has 9 heteroatoms. The van der Waals surface area contributed by atoms with Gasteiger partial charge in [-0.2, -0.15) is 4.98 Å². The summed E-state index contributed by atoms with van der Waals surface area (Å²) in [6.07, 6.45) is 4.89. The van der Waals surface area contributed by atoms with Crippen molar-refractivity contribution >= 4 is 11.7 Å². The summed E-state index contributed by atoms with van der Waals surface area (Å²) < 4.78 is 16.8. The summed E-state index contributed by atoms with van der Waals surface area (Å²) in [6, 6.07) is 5.51. The summed E-state index contributed by atoms with van der Waals surface area (Å²) in [5, 5.41) is 22.5. The van der Waals surface area contributed by atoms with Gasteiger partial charge in [-0.1, -0.05) is 0 Å². The maximum Gasteiger partial charge on any atom is 0.266 e. The predicted octanol–water partition coefficient (Wildman–Crippen LogP) is 3.27. The number of nitrogens with zero attached hydrogens (tertiary/aromatic N) is 3. The molecule has 1 aromatic heterocycles. The van der Waals surface area contributed by atoms with Crippen LogP contribution in [-0.2, 0) is 4.74 Å². The maximum atomic E-state index is 12.4. The third kappa shape index (κ3) is 7.02. The summed E-state index contributed by atoms with van der Waals surface area (Å²) in [4.78, 5) is 19.2. The summed E-state index contributed by atoms with van der Waals surface area (Å²) >= 11 is 0. The average Bonchev–Trinajstić information content (AvgIpc) is 3.58. The predicted molar refractivity (Wildman–Crippen MR) is 130 cm³/mol. The molecule has 2 saturated heterocycles. The number of aliphatic hydroxyl groups excluding tert-OH is 2. The van der Waals surface area contributed by atoms with E-state index >= 15 is 0 Å². The number of carbonyl (C=O) groups is 1. The lowest BCUT2D eigenvalue weighted by atomic mass is 9.92. The highest BCUT2D eigenvalue weighted by molar-refractivity contribution is 5.97. The monoisotopic (exact) mass is 487 g/mol. The number of ketones is 1. The van der Waals surface area contributed by atoms with Crippen LogP contribution in [0.3, 0.4) is 0 Å². The molecule has 9 nitrogen and oxygen atoms in total. The summed E-state index contributed by atoms with van der Waals surface area (Å²) in [5.41, 5.74) is 1.50. The first-order valence-electron chi connectivity index (χ1n) is 12.8. The van der Waals surface area contributed by atoms with Crippen molar-refractivity contribution < 1.29 is 29.0 Å². The molecule has 0 amide bonds. The molecule has 2 aliphatic heterocycles. The van der Waals surface area contributed by atoms with Crippen LogP contribution in [0.1, 0.15) is 72.7 Å². The van der Waals surface area contributed by atoms with Crippen LogP contribution < -0.4 is 9.64 Å². The van der Waals surface area contributed by atoms with Crippen LogP contribution in [-0.4, -0.2) is 71.8 Å². The van der Waals surface area contributed by atoms with Gasteiger partial charge in [-0.3, -0.25) is 4.79 Å². The van der Waals surface area contributed by atoms with Gasteiger partial charge in [0.25, 0.3) is 5.95 Å². The van der Waals surface area contributed by atoms with Crippen molar-refractivity contribution in [3.8, 4) is 5.75 Å². The van der Waals surface area contributed by atoms with Gasteiger partial charge in [-0.05, 0) is 80.3 Å². The van der Waals surface area contributed by atoms with Crippen LogP contribution >= 0.6 is 0 Å². The Hall–Kier alpha value is -2.49. The molecule has 2 aliphatic rings. The van der Waals surface area contributed by atoms with Crippen LogP contribution in [0.15, 0.2) is 22.7 Å². The van der Waals surface area contributed by atoms with Gasteiger partial charge in [0.2, 0.25) is 5.89 Å². The number of anilines is 1. The molecule has 2 N–H and O–H groups in total. The number of carbonyl (C=O) groups excluding carboxylic acids is 1. The second-order valence-electron chi connectivity index (χ2n) is 9.69. The quantitative estimate of drug-likeness (QED) is 0.343. The first kappa shape index (κ1) is 25.6. The molecule has 0 saturated carbocycles. The van der Waals surface area contributed by atoms with Gasteiger partial charge >= 0.3 is 0 Å². The Kier molecular flexibility index (Phi) is 9.12. The molecule has 4 rings (SSSR count). The van der Waals surface area contributed by atoms with Gasteiger partial charge in [0.05, 0.1) is 31.8 Å². The summed E-state index contributed by atoms with van der Waals surface area (Å²) in [5.74, 6) is 3.04. The lowest BCUT2D eigenvalue weighted by molar-refractivity contribution is 0.0779. The number of Topliss-reactive ketones (excluding diaryl/α,β-unsaturated/α-hetero) is 1. The minimum Gasteiger partial charge on any atom is -0.494 e. The molecule has 0 radical (unpaired) electrons. The lowest BCUT2D eigenvalue weighted by Gasteiger charge is -2.30. The Labute approximate surface area is 206 Å². The molecule has 192 valence electrons. The number of benzene rings is 1. The SMILES string of the molecule is Cc1cc(OCCCC2CCN(c3noc(C4CCOC4)n3)CC2)ccc1C(=O)CC[C@H](O)CO. The molecular weight excluding hydrogens is 450 g/mol. The zero-order valence-electron chi connectivity index (χ0n) is 20.5. The van der Waals surface area contributed by atoms with Gasteiger partial charge in [0.1, 0.15) is 5.75 Å². The number of hydrogen-bond acceptors (Lipinski definition) is 9. The van der Waals surface area contributed by atoms with E-state index in [0.717, 1.165) is 63.1 Å². The number of aryl methyl sites for hydroxylation is 1. The van der Waals surface area contributed by atoms with Gasteiger partial charge in [-0.15, -0.1) is 0 Å². The topological polar surface area (TPSA) is 118 Å². The van der Waals surface area contributed by atoms with E-state index in [1.165, 1.54) is 0 Å². The minimum absolute atomic E-state index is 0.0301. The molecule has 2 fully saturated rings. The number of hydrogen-bond donors (Lipinski definition) is 2. The Morgan fingerprint density at radius 3 is 2.83 bits per heavy atom. The van der Waals surface area contributed by atoms with Gasteiger partial charge in [0.15, 0.2) is 5.78 Å². The maximum absolute atomic E-state index is 12.4. The number of rotatable bonds is 12.